The summed E-state index contributed by atoms with van der Waals surface area (Å²) in [5.74, 6) is 0.416. The number of hydrogen-bond acceptors (Lipinski definition) is 5. The first-order valence-corrected chi connectivity index (χ1v) is 6.57. The van der Waals surface area contributed by atoms with Gasteiger partial charge < -0.3 is 13.8 Å². The zero-order valence-corrected chi connectivity index (χ0v) is 11.4. The van der Waals surface area contributed by atoms with Gasteiger partial charge in [0, 0.05) is 13.1 Å². The molecule has 0 aliphatic carbocycles. The highest BCUT2D eigenvalue weighted by Gasteiger charge is 2.53. The molecule has 0 spiro atoms. The Balaban J connectivity index is 1.81. The summed E-state index contributed by atoms with van der Waals surface area (Å²) in [6.07, 6.45) is -0.804. The van der Waals surface area contributed by atoms with Crippen LogP contribution in [0, 0.1) is 5.41 Å². The number of anilines is 1. The Labute approximate surface area is 118 Å². The van der Waals surface area contributed by atoms with Gasteiger partial charge in [0.1, 0.15) is 6.26 Å². The molecule has 3 heterocycles. The fraction of sp³-hybridized carbons (Fsp3) is 0.538. The predicted octanol–water partition coefficient (Wildman–Crippen LogP) is 3.50. The fourth-order valence-electron chi connectivity index (χ4n) is 2.49. The van der Waals surface area contributed by atoms with Crippen LogP contribution in [-0.4, -0.2) is 29.4 Å². The maximum atomic E-state index is 13.1. The van der Waals surface area contributed by atoms with E-state index in [0.29, 0.717) is 18.5 Å². The Morgan fingerprint density at radius 2 is 2.19 bits per heavy atom. The van der Waals surface area contributed by atoms with Gasteiger partial charge in [-0.05, 0) is 31.0 Å². The summed E-state index contributed by atoms with van der Waals surface area (Å²) in [7, 11) is 0. The quantitative estimate of drug-likeness (QED) is 0.849. The van der Waals surface area contributed by atoms with E-state index in [1.54, 1.807) is 6.07 Å². The van der Waals surface area contributed by atoms with Gasteiger partial charge in [0.15, 0.2) is 0 Å². The van der Waals surface area contributed by atoms with Gasteiger partial charge in [0.05, 0.1) is 17.2 Å². The molecule has 0 N–H and O–H groups in total. The number of piperidine rings is 1. The topological polar surface area (TPSA) is 55.3 Å². The molecular weight excluding hydrogens is 287 g/mol. The van der Waals surface area contributed by atoms with Crippen molar-refractivity contribution in [2.45, 2.75) is 25.9 Å². The molecule has 8 heteroatoms. The Kier molecular flexibility index (Phi) is 3.18. The molecule has 0 aromatic carbocycles. The molecule has 0 saturated carbocycles. The van der Waals surface area contributed by atoms with Crippen LogP contribution in [0.5, 0.6) is 0 Å². The smallest absolute Gasteiger partial charge is 0.395 e. The standard InChI is InChI=1S/C13H14F3N3O2/c1-12(13(14,15)16)4-2-5-19(8-12)11-17-10(21-18-11)9-3-6-20-7-9/h3,6-7H,2,4-5,8H2,1H3. The maximum absolute atomic E-state index is 13.1. The third-order valence-electron chi connectivity index (χ3n) is 3.85. The molecule has 1 aliphatic rings. The third kappa shape index (κ3) is 2.50. The lowest BCUT2D eigenvalue weighted by molar-refractivity contribution is -0.219. The molecule has 5 nitrogen and oxygen atoms in total. The number of aromatic nitrogens is 2. The molecular formula is C13H14F3N3O2. The minimum atomic E-state index is -4.25. The normalized spacial score (nSPS) is 23.5. The van der Waals surface area contributed by atoms with Gasteiger partial charge in [-0.25, -0.2) is 0 Å². The number of nitrogens with zero attached hydrogens (tertiary/aromatic N) is 3. The van der Waals surface area contributed by atoms with E-state index in [-0.39, 0.29) is 24.8 Å². The fourth-order valence-corrected chi connectivity index (χ4v) is 2.49. The number of furan rings is 1. The first-order chi connectivity index (χ1) is 9.89. The van der Waals surface area contributed by atoms with Crippen LogP contribution in [0.25, 0.3) is 11.5 Å². The summed E-state index contributed by atoms with van der Waals surface area (Å²) >= 11 is 0. The number of rotatable bonds is 2. The van der Waals surface area contributed by atoms with E-state index in [4.69, 9.17) is 8.94 Å². The van der Waals surface area contributed by atoms with Crippen molar-refractivity contribution in [3.05, 3.63) is 18.6 Å². The van der Waals surface area contributed by atoms with Gasteiger partial charge in [-0.2, -0.15) is 18.2 Å². The number of hydrogen-bond donors (Lipinski definition) is 0. The molecule has 1 fully saturated rings. The third-order valence-corrected chi connectivity index (χ3v) is 3.85. The molecule has 1 aliphatic heterocycles. The molecule has 0 amide bonds. The SMILES string of the molecule is CC1(C(F)(F)F)CCCN(c2noc(-c3ccoc3)n2)C1. The highest BCUT2D eigenvalue weighted by Crippen LogP contribution is 2.45. The van der Waals surface area contributed by atoms with Crippen LogP contribution in [0.1, 0.15) is 19.8 Å². The summed E-state index contributed by atoms with van der Waals surface area (Å²) in [5, 5.41) is 3.77. The Morgan fingerprint density at radius 3 is 2.86 bits per heavy atom. The van der Waals surface area contributed by atoms with Crippen molar-refractivity contribution in [3.63, 3.8) is 0 Å². The monoisotopic (exact) mass is 301 g/mol. The lowest BCUT2D eigenvalue weighted by Crippen LogP contribution is -2.50. The molecule has 21 heavy (non-hydrogen) atoms. The Bertz CT molecular complexity index is 608. The molecule has 2 aromatic heterocycles. The van der Waals surface area contributed by atoms with Crippen molar-refractivity contribution in [2.75, 3.05) is 18.0 Å². The Morgan fingerprint density at radius 1 is 1.38 bits per heavy atom. The first-order valence-electron chi connectivity index (χ1n) is 6.57. The minimum absolute atomic E-state index is 0.111. The zero-order chi connectivity index (χ0) is 15.1. The molecule has 1 atom stereocenters. The van der Waals surface area contributed by atoms with Crippen molar-refractivity contribution in [3.8, 4) is 11.5 Å². The van der Waals surface area contributed by atoms with Gasteiger partial charge >= 0.3 is 6.18 Å². The van der Waals surface area contributed by atoms with Crippen LogP contribution in [0.4, 0.5) is 19.1 Å². The van der Waals surface area contributed by atoms with E-state index in [1.165, 1.54) is 24.3 Å². The summed E-state index contributed by atoms with van der Waals surface area (Å²) in [4.78, 5) is 5.66. The van der Waals surface area contributed by atoms with Crippen molar-refractivity contribution >= 4 is 5.95 Å². The van der Waals surface area contributed by atoms with Crippen molar-refractivity contribution in [1.29, 1.82) is 0 Å². The molecule has 1 saturated heterocycles. The average Bonchev–Trinajstić information content (AvgIpc) is 3.09. The van der Waals surface area contributed by atoms with Gasteiger partial charge in [-0.15, -0.1) is 0 Å². The van der Waals surface area contributed by atoms with E-state index in [1.807, 2.05) is 0 Å². The van der Waals surface area contributed by atoms with Gasteiger partial charge in [-0.1, -0.05) is 0 Å². The number of halogens is 3. The summed E-state index contributed by atoms with van der Waals surface area (Å²) in [6.45, 7) is 1.55. The van der Waals surface area contributed by atoms with Gasteiger partial charge in [0.25, 0.3) is 11.8 Å². The first kappa shape index (κ1) is 14.0. The van der Waals surface area contributed by atoms with Crippen LogP contribution < -0.4 is 4.90 Å². The molecule has 3 rings (SSSR count). The second kappa shape index (κ2) is 4.78. The molecule has 2 aromatic rings. The largest absolute Gasteiger partial charge is 0.472 e. The lowest BCUT2D eigenvalue weighted by Gasteiger charge is -2.40. The lowest BCUT2D eigenvalue weighted by atomic mass is 9.81. The van der Waals surface area contributed by atoms with Crippen LogP contribution >= 0.6 is 0 Å². The summed E-state index contributed by atoms with van der Waals surface area (Å²) < 4.78 is 49.4. The van der Waals surface area contributed by atoms with Gasteiger partial charge in [0.2, 0.25) is 0 Å². The number of alkyl halides is 3. The van der Waals surface area contributed by atoms with E-state index in [2.05, 4.69) is 10.1 Å². The van der Waals surface area contributed by atoms with Crippen molar-refractivity contribution in [2.24, 2.45) is 5.41 Å². The minimum Gasteiger partial charge on any atom is -0.472 e. The molecule has 114 valence electrons. The van der Waals surface area contributed by atoms with Crippen LogP contribution in [-0.2, 0) is 0 Å². The Hall–Kier alpha value is -1.99. The van der Waals surface area contributed by atoms with E-state index >= 15 is 0 Å². The average molecular weight is 301 g/mol. The summed E-state index contributed by atoms with van der Waals surface area (Å²) in [5.41, 5.74) is -1.15. The van der Waals surface area contributed by atoms with Crippen LogP contribution in [0.3, 0.4) is 0 Å². The zero-order valence-electron chi connectivity index (χ0n) is 11.4. The van der Waals surface area contributed by atoms with Crippen molar-refractivity contribution < 1.29 is 22.1 Å². The van der Waals surface area contributed by atoms with Crippen molar-refractivity contribution in [1.82, 2.24) is 10.1 Å². The summed E-state index contributed by atoms with van der Waals surface area (Å²) in [6, 6.07) is 1.65. The van der Waals surface area contributed by atoms with Crippen LogP contribution in [0.2, 0.25) is 0 Å². The van der Waals surface area contributed by atoms with E-state index in [9.17, 15) is 13.2 Å². The van der Waals surface area contributed by atoms with Gasteiger partial charge in [-0.3, -0.25) is 0 Å². The van der Waals surface area contributed by atoms with Crippen LogP contribution in [0.15, 0.2) is 27.5 Å². The highest BCUT2D eigenvalue weighted by molar-refractivity contribution is 5.52. The maximum Gasteiger partial charge on any atom is 0.395 e. The second-order valence-electron chi connectivity index (χ2n) is 5.50. The molecule has 0 bridgehead atoms. The second-order valence-corrected chi connectivity index (χ2v) is 5.50. The molecule has 0 radical (unpaired) electrons. The van der Waals surface area contributed by atoms with E-state index in [0.717, 1.165) is 0 Å². The van der Waals surface area contributed by atoms with E-state index < -0.39 is 11.6 Å². The molecule has 1 unspecified atom stereocenters. The highest BCUT2D eigenvalue weighted by atomic mass is 19.4. The predicted molar refractivity (Wildman–Crippen MR) is 67.6 cm³/mol.